The van der Waals surface area contributed by atoms with Crippen molar-refractivity contribution in [2.24, 2.45) is 0 Å². The normalized spacial score (nSPS) is 12.1. The summed E-state index contributed by atoms with van der Waals surface area (Å²) in [6.45, 7) is 3.39. The largest absolute Gasteiger partial charge is 0.505 e. The van der Waals surface area contributed by atoms with Gasteiger partial charge in [0, 0.05) is 19.1 Å². The van der Waals surface area contributed by atoms with E-state index in [1.54, 1.807) is 0 Å². The van der Waals surface area contributed by atoms with Gasteiger partial charge in [-0.2, -0.15) is 0 Å². The highest BCUT2D eigenvalue weighted by molar-refractivity contribution is 5.56. The highest BCUT2D eigenvalue weighted by Crippen LogP contribution is 2.20. The summed E-state index contributed by atoms with van der Waals surface area (Å²) in [5.41, 5.74) is 1.08. The fourth-order valence-electron chi connectivity index (χ4n) is 1.61. The van der Waals surface area contributed by atoms with Gasteiger partial charge in [0.25, 0.3) is 0 Å². The van der Waals surface area contributed by atoms with E-state index in [9.17, 15) is 4.79 Å². The van der Waals surface area contributed by atoms with Gasteiger partial charge in [-0.1, -0.05) is 30.3 Å². The average Bonchev–Trinajstić information content (AvgIpc) is 2.34. The Bertz CT molecular complexity index is 323. The van der Waals surface area contributed by atoms with Crippen molar-refractivity contribution in [3.8, 4) is 0 Å². The summed E-state index contributed by atoms with van der Waals surface area (Å²) in [6, 6.07) is 9.75. The maximum Gasteiger partial charge on any atom is 0.505 e. The standard InChI is InChI=1S/C13H18O4/c1-2-16-9-8-12(10-17-13(14)15)11-6-4-3-5-7-11/h3-7,12H,2,8-10H2,1H3,(H,14,15). The Kier molecular flexibility index (Phi) is 6.10. The molecule has 0 heterocycles. The SMILES string of the molecule is CCOCCC(COC(=O)O)c1ccccc1. The van der Waals surface area contributed by atoms with E-state index in [0.29, 0.717) is 13.2 Å². The van der Waals surface area contributed by atoms with Gasteiger partial charge in [-0.25, -0.2) is 4.79 Å². The number of hydrogen-bond donors (Lipinski definition) is 1. The Labute approximate surface area is 101 Å². The average molecular weight is 238 g/mol. The van der Waals surface area contributed by atoms with Gasteiger partial charge in [0.15, 0.2) is 0 Å². The predicted octanol–water partition coefficient (Wildman–Crippen LogP) is 2.89. The highest BCUT2D eigenvalue weighted by atomic mass is 16.7. The van der Waals surface area contributed by atoms with Gasteiger partial charge in [0.05, 0.1) is 0 Å². The molecule has 4 heteroatoms. The van der Waals surface area contributed by atoms with E-state index in [0.717, 1.165) is 12.0 Å². The van der Waals surface area contributed by atoms with Crippen LogP contribution in [0.3, 0.4) is 0 Å². The van der Waals surface area contributed by atoms with Crippen LogP contribution in [0.2, 0.25) is 0 Å². The van der Waals surface area contributed by atoms with Crippen LogP contribution >= 0.6 is 0 Å². The number of ether oxygens (including phenoxy) is 2. The molecule has 0 aliphatic carbocycles. The molecule has 0 aliphatic heterocycles. The molecule has 0 spiro atoms. The lowest BCUT2D eigenvalue weighted by Gasteiger charge is -2.16. The smallest absolute Gasteiger partial charge is 0.450 e. The number of rotatable bonds is 7. The third-order valence-electron chi connectivity index (χ3n) is 2.49. The van der Waals surface area contributed by atoms with Gasteiger partial charge in [-0.3, -0.25) is 0 Å². The van der Waals surface area contributed by atoms with E-state index in [1.807, 2.05) is 37.3 Å². The molecule has 0 amide bonds. The zero-order chi connectivity index (χ0) is 12.5. The molecule has 0 saturated heterocycles. The van der Waals surface area contributed by atoms with Crippen LogP contribution in [0, 0.1) is 0 Å². The van der Waals surface area contributed by atoms with Crippen molar-refractivity contribution in [2.75, 3.05) is 19.8 Å². The monoisotopic (exact) mass is 238 g/mol. The van der Waals surface area contributed by atoms with Crippen LogP contribution < -0.4 is 0 Å². The lowest BCUT2D eigenvalue weighted by atomic mass is 9.97. The molecular weight excluding hydrogens is 220 g/mol. The van der Waals surface area contributed by atoms with Crippen LogP contribution in [0.5, 0.6) is 0 Å². The van der Waals surface area contributed by atoms with Crippen molar-refractivity contribution in [2.45, 2.75) is 19.3 Å². The van der Waals surface area contributed by atoms with Gasteiger partial charge >= 0.3 is 6.16 Å². The summed E-state index contributed by atoms with van der Waals surface area (Å²) in [6.07, 6.45) is -0.479. The molecule has 4 nitrogen and oxygen atoms in total. The lowest BCUT2D eigenvalue weighted by molar-refractivity contribution is 0.0775. The minimum atomic E-state index is -1.23. The summed E-state index contributed by atoms with van der Waals surface area (Å²) in [5.74, 6) is 0.0545. The van der Waals surface area contributed by atoms with E-state index in [1.165, 1.54) is 0 Å². The van der Waals surface area contributed by atoms with Crippen molar-refractivity contribution >= 4 is 6.16 Å². The van der Waals surface area contributed by atoms with E-state index in [-0.39, 0.29) is 12.5 Å². The van der Waals surface area contributed by atoms with Crippen molar-refractivity contribution < 1.29 is 19.4 Å². The summed E-state index contributed by atoms with van der Waals surface area (Å²) < 4.78 is 9.94. The second-order valence-electron chi connectivity index (χ2n) is 3.67. The van der Waals surface area contributed by atoms with Crippen LogP contribution in [0.1, 0.15) is 24.8 Å². The topological polar surface area (TPSA) is 55.8 Å². The van der Waals surface area contributed by atoms with Crippen molar-refractivity contribution in [1.29, 1.82) is 0 Å². The molecule has 94 valence electrons. The van der Waals surface area contributed by atoms with Crippen LogP contribution in [0.25, 0.3) is 0 Å². The first-order chi connectivity index (χ1) is 8.24. The fraction of sp³-hybridized carbons (Fsp3) is 0.462. The van der Waals surface area contributed by atoms with Crippen LogP contribution in [-0.2, 0) is 9.47 Å². The summed E-state index contributed by atoms with van der Waals surface area (Å²) in [5, 5.41) is 8.53. The van der Waals surface area contributed by atoms with Gasteiger partial charge in [0.2, 0.25) is 0 Å². The molecule has 1 aromatic rings. The van der Waals surface area contributed by atoms with Crippen LogP contribution in [0.4, 0.5) is 4.79 Å². The predicted molar refractivity (Wildman–Crippen MR) is 64.3 cm³/mol. The van der Waals surface area contributed by atoms with E-state index < -0.39 is 6.16 Å². The minimum Gasteiger partial charge on any atom is -0.450 e. The van der Waals surface area contributed by atoms with Gasteiger partial charge in [-0.05, 0) is 18.9 Å². The van der Waals surface area contributed by atoms with Gasteiger partial charge in [-0.15, -0.1) is 0 Å². The maximum atomic E-state index is 10.4. The van der Waals surface area contributed by atoms with E-state index >= 15 is 0 Å². The fourth-order valence-corrected chi connectivity index (χ4v) is 1.61. The summed E-state index contributed by atoms with van der Waals surface area (Å²) in [7, 11) is 0. The quantitative estimate of drug-likeness (QED) is 0.586. The zero-order valence-electron chi connectivity index (χ0n) is 9.96. The Morgan fingerprint density at radius 1 is 1.35 bits per heavy atom. The first-order valence-electron chi connectivity index (χ1n) is 5.72. The molecule has 0 saturated carbocycles. The van der Waals surface area contributed by atoms with Crippen molar-refractivity contribution in [1.82, 2.24) is 0 Å². The Morgan fingerprint density at radius 3 is 2.65 bits per heavy atom. The van der Waals surface area contributed by atoms with Crippen molar-refractivity contribution in [3.05, 3.63) is 35.9 Å². The molecule has 0 fully saturated rings. The van der Waals surface area contributed by atoms with Crippen LogP contribution in [0.15, 0.2) is 30.3 Å². The van der Waals surface area contributed by atoms with E-state index in [4.69, 9.17) is 9.84 Å². The third-order valence-corrected chi connectivity index (χ3v) is 2.49. The Hall–Kier alpha value is -1.55. The number of benzene rings is 1. The van der Waals surface area contributed by atoms with E-state index in [2.05, 4.69) is 4.74 Å². The highest BCUT2D eigenvalue weighted by Gasteiger charge is 2.13. The number of hydrogen-bond acceptors (Lipinski definition) is 3. The molecule has 17 heavy (non-hydrogen) atoms. The molecule has 1 atom stereocenters. The molecule has 0 aliphatic rings. The second-order valence-corrected chi connectivity index (χ2v) is 3.67. The number of carbonyl (C=O) groups is 1. The molecule has 0 bridgehead atoms. The van der Waals surface area contributed by atoms with Gasteiger partial charge in [0.1, 0.15) is 6.61 Å². The van der Waals surface area contributed by atoms with Crippen molar-refractivity contribution in [3.63, 3.8) is 0 Å². The molecular formula is C13H18O4. The first kappa shape index (κ1) is 13.5. The molecule has 1 unspecified atom stereocenters. The second kappa shape index (κ2) is 7.68. The summed E-state index contributed by atoms with van der Waals surface area (Å²) >= 11 is 0. The first-order valence-corrected chi connectivity index (χ1v) is 5.72. The molecule has 0 aromatic heterocycles. The molecule has 1 aromatic carbocycles. The zero-order valence-corrected chi connectivity index (χ0v) is 9.96. The van der Waals surface area contributed by atoms with Crippen LogP contribution in [-0.4, -0.2) is 31.1 Å². The maximum absolute atomic E-state index is 10.4. The summed E-state index contributed by atoms with van der Waals surface area (Å²) in [4.78, 5) is 10.4. The third kappa shape index (κ3) is 5.36. The van der Waals surface area contributed by atoms with Gasteiger partial charge < -0.3 is 14.6 Å². The lowest BCUT2D eigenvalue weighted by Crippen LogP contribution is -2.13. The minimum absolute atomic E-state index is 0.0545. The molecule has 0 radical (unpaired) electrons. The Balaban J connectivity index is 2.55. The Morgan fingerprint density at radius 2 is 2.06 bits per heavy atom. The molecule has 1 N–H and O–H groups in total. The molecule has 1 rings (SSSR count). The number of carboxylic acid groups (broad SMARTS) is 1.